The summed E-state index contributed by atoms with van der Waals surface area (Å²) < 4.78 is 5.76. The Morgan fingerprint density at radius 3 is 2.89 bits per heavy atom. The van der Waals surface area contributed by atoms with Crippen molar-refractivity contribution in [1.82, 2.24) is 9.80 Å². The maximum absolute atomic E-state index is 11.5. The van der Waals surface area contributed by atoms with Crippen molar-refractivity contribution >= 4 is 17.0 Å². The van der Waals surface area contributed by atoms with E-state index in [1.54, 1.807) is 4.90 Å². The lowest BCUT2D eigenvalue weighted by atomic mass is 10.1. The molecule has 0 N–H and O–H groups in total. The van der Waals surface area contributed by atoms with Gasteiger partial charge in [0.2, 0.25) is 0 Å². The van der Waals surface area contributed by atoms with E-state index < -0.39 is 0 Å². The average Bonchev–Trinajstić information content (AvgIpc) is 2.37. The normalized spacial score (nSPS) is 20.8. The molecule has 1 fully saturated rings. The van der Waals surface area contributed by atoms with Gasteiger partial charge in [-0.2, -0.15) is 0 Å². The van der Waals surface area contributed by atoms with Crippen molar-refractivity contribution in [3.63, 3.8) is 0 Å². The number of nitrogens with zero attached hydrogens (tertiary/aromatic N) is 2. The van der Waals surface area contributed by atoms with Crippen LogP contribution in [-0.4, -0.2) is 67.2 Å². The molecule has 1 heterocycles. The van der Waals surface area contributed by atoms with Crippen LogP contribution in [0.15, 0.2) is 0 Å². The molecule has 1 aliphatic heterocycles. The highest BCUT2D eigenvalue weighted by atomic mass is 32.2. The Kier molecular flexibility index (Phi) is 7.80. The molecule has 1 aliphatic rings. The molecule has 0 bridgehead atoms. The van der Waals surface area contributed by atoms with Crippen LogP contribution in [0.5, 0.6) is 0 Å². The smallest absolute Gasteiger partial charge is 0.281 e. The van der Waals surface area contributed by atoms with Crippen molar-refractivity contribution in [2.45, 2.75) is 32.8 Å². The molecule has 1 atom stereocenters. The minimum atomic E-state index is 0.112. The number of morpholine rings is 1. The van der Waals surface area contributed by atoms with Gasteiger partial charge in [0.1, 0.15) is 0 Å². The molecule has 0 radical (unpaired) electrons. The Hall–Kier alpha value is -0.260. The zero-order chi connectivity index (χ0) is 14.3. The fraction of sp³-hybridized carbons (Fsp3) is 0.929. The van der Waals surface area contributed by atoms with Crippen LogP contribution in [0.3, 0.4) is 0 Å². The van der Waals surface area contributed by atoms with E-state index in [9.17, 15) is 4.79 Å². The van der Waals surface area contributed by atoms with Gasteiger partial charge in [0.05, 0.1) is 12.7 Å². The number of amides is 1. The predicted octanol–water partition coefficient (Wildman–Crippen LogP) is 2.54. The second kappa shape index (κ2) is 8.82. The number of hydrogen-bond donors (Lipinski definition) is 0. The summed E-state index contributed by atoms with van der Waals surface area (Å²) >= 11 is 1.26. The molecule has 1 amide bonds. The van der Waals surface area contributed by atoms with Gasteiger partial charge in [-0.1, -0.05) is 25.6 Å². The highest BCUT2D eigenvalue weighted by Gasteiger charge is 2.22. The predicted molar refractivity (Wildman–Crippen MR) is 81.8 cm³/mol. The van der Waals surface area contributed by atoms with Gasteiger partial charge in [0.25, 0.3) is 5.24 Å². The monoisotopic (exact) mass is 288 g/mol. The van der Waals surface area contributed by atoms with Gasteiger partial charge in [-0.25, -0.2) is 0 Å². The molecule has 1 rings (SSSR count). The third-order valence-corrected chi connectivity index (χ3v) is 4.10. The maximum Gasteiger partial charge on any atom is 0.281 e. The van der Waals surface area contributed by atoms with Crippen LogP contribution >= 0.6 is 11.8 Å². The largest absolute Gasteiger partial charge is 0.374 e. The molecular formula is C14H28N2O2S. The maximum atomic E-state index is 11.5. The Morgan fingerprint density at radius 1 is 1.53 bits per heavy atom. The number of hydrogen-bond acceptors (Lipinski definition) is 4. The SMILES string of the molecule is CSC(=O)N(C)C[C@@H]1CN(CCCC(C)C)CCO1. The second-order valence-corrected chi connectivity index (χ2v) is 6.44. The first-order valence-electron chi connectivity index (χ1n) is 7.16. The molecule has 0 aromatic heterocycles. The fourth-order valence-electron chi connectivity index (χ4n) is 2.35. The van der Waals surface area contributed by atoms with E-state index in [1.165, 1.54) is 24.6 Å². The number of rotatable bonds is 6. The lowest BCUT2D eigenvalue weighted by Crippen LogP contribution is -2.47. The second-order valence-electron chi connectivity index (χ2n) is 5.68. The summed E-state index contributed by atoms with van der Waals surface area (Å²) in [7, 11) is 1.85. The fourth-order valence-corrected chi connectivity index (χ4v) is 2.74. The number of carbonyl (C=O) groups is 1. The number of thioether (sulfide) groups is 1. The molecule has 5 heteroatoms. The Morgan fingerprint density at radius 2 is 2.26 bits per heavy atom. The van der Waals surface area contributed by atoms with Crippen molar-refractivity contribution < 1.29 is 9.53 Å². The summed E-state index contributed by atoms with van der Waals surface area (Å²) in [6.07, 6.45) is 4.52. The van der Waals surface area contributed by atoms with E-state index in [0.717, 1.165) is 32.2 Å². The molecule has 19 heavy (non-hydrogen) atoms. The summed E-state index contributed by atoms with van der Waals surface area (Å²) in [5.41, 5.74) is 0. The summed E-state index contributed by atoms with van der Waals surface area (Å²) in [6, 6.07) is 0. The van der Waals surface area contributed by atoms with Crippen molar-refractivity contribution in [1.29, 1.82) is 0 Å². The van der Waals surface area contributed by atoms with E-state index in [1.807, 2.05) is 13.3 Å². The van der Waals surface area contributed by atoms with Gasteiger partial charge in [0.15, 0.2) is 0 Å². The number of likely N-dealkylation sites (N-methyl/N-ethyl adjacent to an activating group) is 1. The van der Waals surface area contributed by atoms with Crippen LogP contribution in [0.2, 0.25) is 0 Å². The third kappa shape index (κ3) is 6.63. The van der Waals surface area contributed by atoms with Crippen molar-refractivity contribution in [3.05, 3.63) is 0 Å². The third-order valence-electron chi connectivity index (χ3n) is 3.44. The van der Waals surface area contributed by atoms with Gasteiger partial charge in [-0.15, -0.1) is 0 Å². The molecular weight excluding hydrogens is 260 g/mol. The van der Waals surface area contributed by atoms with Crippen molar-refractivity contribution in [3.8, 4) is 0 Å². The van der Waals surface area contributed by atoms with Crippen LogP contribution in [0, 0.1) is 5.92 Å². The molecule has 0 aliphatic carbocycles. The van der Waals surface area contributed by atoms with E-state index in [2.05, 4.69) is 18.7 Å². The molecule has 0 saturated carbocycles. The van der Waals surface area contributed by atoms with Crippen LogP contribution in [0.4, 0.5) is 4.79 Å². The molecule has 112 valence electrons. The Bertz CT molecular complexity index is 274. The lowest BCUT2D eigenvalue weighted by molar-refractivity contribution is -0.0359. The molecule has 4 nitrogen and oxygen atoms in total. The van der Waals surface area contributed by atoms with Gasteiger partial charge in [-0.3, -0.25) is 9.69 Å². The molecule has 0 aromatic carbocycles. The number of carbonyl (C=O) groups excluding carboxylic acids is 1. The van der Waals surface area contributed by atoms with Crippen LogP contribution < -0.4 is 0 Å². The molecule has 0 unspecified atom stereocenters. The standard InChI is InChI=1S/C14H28N2O2S/c1-12(2)6-5-7-16-8-9-18-13(11-16)10-15(3)14(17)19-4/h12-13H,5-11H2,1-4H3/t13-/m1/s1. The molecule has 0 spiro atoms. The van der Waals surface area contributed by atoms with Crippen LogP contribution in [0.1, 0.15) is 26.7 Å². The Labute approximate surface area is 121 Å². The topological polar surface area (TPSA) is 32.8 Å². The minimum Gasteiger partial charge on any atom is -0.374 e. The molecule has 1 saturated heterocycles. The Balaban J connectivity index is 2.27. The van der Waals surface area contributed by atoms with E-state index in [4.69, 9.17) is 4.74 Å². The molecule has 0 aromatic rings. The van der Waals surface area contributed by atoms with E-state index in [0.29, 0.717) is 6.54 Å². The first kappa shape index (κ1) is 16.8. The lowest BCUT2D eigenvalue weighted by Gasteiger charge is -2.34. The van der Waals surface area contributed by atoms with E-state index in [-0.39, 0.29) is 11.3 Å². The zero-order valence-electron chi connectivity index (χ0n) is 12.7. The highest BCUT2D eigenvalue weighted by molar-refractivity contribution is 8.12. The van der Waals surface area contributed by atoms with Gasteiger partial charge < -0.3 is 9.64 Å². The first-order chi connectivity index (χ1) is 9.02. The van der Waals surface area contributed by atoms with Crippen LogP contribution in [0.25, 0.3) is 0 Å². The summed E-state index contributed by atoms with van der Waals surface area (Å²) in [5, 5.41) is 0.112. The summed E-state index contributed by atoms with van der Waals surface area (Å²) in [5.74, 6) is 0.780. The minimum absolute atomic E-state index is 0.112. The quantitative estimate of drug-likeness (QED) is 0.752. The zero-order valence-corrected chi connectivity index (χ0v) is 13.5. The van der Waals surface area contributed by atoms with Crippen molar-refractivity contribution in [2.24, 2.45) is 5.92 Å². The number of ether oxygens (including phenoxy) is 1. The highest BCUT2D eigenvalue weighted by Crippen LogP contribution is 2.11. The summed E-state index contributed by atoms with van der Waals surface area (Å²) in [4.78, 5) is 15.8. The van der Waals surface area contributed by atoms with E-state index >= 15 is 0 Å². The first-order valence-corrected chi connectivity index (χ1v) is 8.38. The van der Waals surface area contributed by atoms with Crippen molar-refractivity contribution in [2.75, 3.05) is 46.1 Å². The summed E-state index contributed by atoms with van der Waals surface area (Å²) in [6.45, 7) is 9.14. The van der Waals surface area contributed by atoms with Crippen LogP contribution in [-0.2, 0) is 4.74 Å². The van der Waals surface area contributed by atoms with Gasteiger partial charge in [-0.05, 0) is 31.6 Å². The van der Waals surface area contributed by atoms with Gasteiger partial charge >= 0.3 is 0 Å². The van der Waals surface area contributed by atoms with Gasteiger partial charge in [0, 0.05) is 26.7 Å². The average molecular weight is 288 g/mol.